The molecule has 0 unspecified atom stereocenters. The van der Waals surface area contributed by atoms with E-state index in [0.717, 1.165) is 25.9 Å². The molecule has 15 heavy (non-hydrogen) atoms. The summed E-state index contributed by atoms with van der Waals surface area (Å²) in [5.74, 6) is 0.0796. The molecule has 0 spiro atoms. The zero-order valence-electron chi connectivity index (χ0n) is 9.46. The van der Waals surface area contributed by atoms with Crippen molar-refractivity contribution < 1.29 is 4.79 Å². The fraction of sp³-hybridized carbons (Fsp3) is 0.727. The molecule has 2 N–H and O–H groups in total. The van der Waals surface area contributed by atoms with Crippen LogP contribution in [0, 0.1) is 0 Å². The molecule has 4 heteroatoms. The average Bonchev–Trinajstić information content (AvgIpc) is 2.27. The molecular formula is C11H21N3O. The first-order chi connectivity index (χ1) is 7.24. The summed E-state index contributed by atoms with van der Waals surface area (Å²) in [6, 6.07) is 0.542. The van der Waals surface area contributed by atoms with Crippen LogP contribution in [0.4, 0.5) is 0 Å². The Morgan fingerprint density at radius 2 is 2.27 bits per heavy atom. The quantitative estimate of drug-likeness (QED) is 0.628. The summed E-state index contributed by atoms with van der Waals surface area (Å²) in [5.41, 5.74) is 0. The molecule has 0 aromatic rings. The van der Waals surface area contributed by atoms with Crippen LogP contribution in [-0.2, 0) is 4.79 Å². The van der Waals surface area contributed by atoms with Gasteiger partial charge in [-0.1, -0.05) is 6.08 Å². The SMILES string of the molecule is C=CCNC(=O)CN(C)C1CCNCC1. The first-order valence-corrected chi connectivity index (χ1v) is 5.52. The monoisotopic (exact) mass is 211 g/mol. The number of piperidine rings is 1. The number of rotatable bonds is 5. The Morgan fingerprint density at radius 1 is 1.60 bits per heavy atom. The third-order valence-corrected chi connectivity index (χ3v) is 2.77. The third kappa shape index (κ3) is 4.44. The molecule has 0 bridgehead atoms. The van der Waals surface area contributed by atoms with Crippen molar-refractivity contribution in [3.8, 4) is 0 Å². The third-order valence-electron chi connectivity index (χ3n) is 2.77. The van der Waals surface area contributed by atoms with Crippen molar-refractivity contribution >= 4 is 5.91 Å². The molecule has 0 aromatic heterocycles. The minimum Gasteiger partial charge on any atom is -0.352 e. The van der Waals surface area contributed by atoms with Gasteiger partial charge in [-0.05, 0) is 33.0 Å². The van der Waals surface area contributed by atoms with E-state index in [4.69, 9.17) is 0 Å². The Hall–Kier alpha value is -0.870. The average molecular weight is 211 g/mol. The summed E-state index contributed by atoms with van der Waals surface area (Å²) in [5, 5.41) is 6.10. The number of carbonyl (C=O) groups is 1. The van der Waals surface area contributed by atoms with Crippen LogP contribution in [0.1, 0.15) is 12.8 Å². The van der Waals surface area contributed by atoms with Crippen LogP contribution in [0.3, 0.4) is 0 Å². The molecular weight excluding hydrogens is 190 g/mol. The van der Waals surface area contributed by atoms with Crippen molar-refractivity contribution in [3.05, 3.63) is 12.7 Å². The Labute approximate surface area is 91.7 Å². The molecule has 1 saturated heterocycles. The summed E-state index contributed by atoms with van der Waals surface area (Å²) >= 11 is 0. The van der Waals surface area contributed by atoms with E-state index in [-0.39, 0.29) is 5.91 Å². The number of amides is 1. The van der Waals surface area contributed by atoms with Gasteiger partial charge in [0.15, 0.2) is 0 Å². The predicted molar refractivity (Wildman–Crippen MR) is 61.7 cm³/mol. The van der Waals surface area contributed by atoms with E-state index in [1.165, 1.54) is 0 Å². The van der Waals surface area contributed by atoms with Gasteiger partial charge >= 0.3 is 0 Å². The molecule has 4 nitrogen and oxygen atoms in total. The van der Waals surface area contributed by atoms with Gasteiger partial charge in [-0.2, -0.15) is 0 Å². The second kappa shape index (κ2) is 6.58. The van der Waals surface area contributed by atoms with Crippen LogP contribution < -0.4 is 10.6 Å². The Balaban J connectivity index is 2.23. The first-order valence-electron chi connectivity index (χ1n) is 5.52. The molecule has 0 saturated carbocycles. The summed E-state index contributed by atoms with van der Waals surface area (Å²) in [7, 11) is 2.02. The van der Waals surface area contributed by atoms with Crippen molar-refractivity contribution in [2.75, 3.05) is 33.2 Å². The van der Waals surface area contributed by atoms with E-state index in [1.54, 1.807) is 6.08 Å². The van der Waals surface area contributed by atoms with Crippen molar-refractivity contribution in [2.24, 2.45) is 0 Å². The second-order valence-electron chi connectivity index (χ2n) is 3.99. The van der Waals surface area contributed by atoms with Crippen molar-refractivity contribution in [1.82, 2.24) is 15.5 Å². The highest BCUT2D eigenvalue weighted by atomic mass is 16.2. The van der Waals surface area contributed by atoms with Crippen LogP contribution in [0.2, 0.25) is 0 Å². The molecule has 0 atom stereocenters. The number of nitrogens with zero attached hydrogens (tertiary/aromatic N) is 1. The van der Waals surface area contributed by atoms with Gasteiger partial charge in [-0.15, -0.1) is 6.58 Å². The van der Waals surface area contributed by atoms with Crippen LogP contribution in [-0.4, -0.2) is 50.1 Å². The van der Waals surface area contributed by atoms with Crippen LogP contribution in [0.25, 0.3) is 0 Å². The predicted octanol–water partition coefficient (Wildman–Crippen LogP) is -0.0276. The van der Waals surface area contributed by atoms with Gasteiger partial charge in [0, 0.05) is 12.6 Å². The number of carbonyl (C=O) groups excluding carboxylic acids is 1. The van der Waals surface area contributed by atoms with Crippen molar-refractivity contribution in [2.45, 2.75) is 18.9 Å². The molecule has 0 aliphatic carbocycles. The Bertz CT molecular complexity index is 212. The standard InChI is InChI=1S/C11H21N3O/c1-3-6-13-11(15)9-14(2)10-4-7-12-8-5-10/h3,10,12H,1,4-9H2,2H3,(H,13,15). The van der Waals surface area contributed by atoms with E-state index in [2.05, 4.69) is 22.1 Å². The van der Waals surface area contributed by atoms with E-state index < -0.39 is 0 Å². The minimum absolute atomic E-state index is 0.0796. The van der Waals surface area contributed by atoms with Crippen molar-refractivity contribution in [1.29, 1.82) is 0 Å². The van der Waals surface area contributed by atoms with Gasteiger partial charge in [0.25, 0.3) is 0 Å². The number of hydrogen-bond acceptors (Lipinski definition) is 3. The van der Waals surface area contributed by atoms with Gasteiger partial charge in [0.1, 0.15) is 0 Å². The summed E-state index contributed by atoms with van der Waals surface area (Å²) < 4.78 is 0. The van der Waals surface area contributed by atoms with E-state index in [0.29, 0.717) is 19.1 Å². The van der Waals surface area contributed by atoms with Gasteiger partial charge < -0.3 is 10.6 Å². The minimum atomic E-state index is 0.0796. The topological polar surface area (TPSA) is 44.4 Å². The van der Waals surface area contributed by atoms with Crippen molar-refractivity contribution in [3.63, 3.8) is 0 Å². The van der Waals surface area contributed by atoms with E-state index in [1.807, 2.05) is 7.05 Å². The lowest BCUT2D eigenvalue weighted by Gasteiger charge is -2.31. The molecule has 1 rings (SSSR count). The smallest absolute Gasteiger partial charge is 0.234 e. The molecule has 1 amide bonds. The Kier molecular flexibility index (Phi) is 5.36. The lowest BCUT2D eigenvalue weighted by Crippen LogP contribution is -2.45. The number of nitrogens with one attached hydrogen (secondary N) is 2. The second-order valence-corrected chi connectivity index (χ2v) is 3.99. The summed E-state index contributed by atoms with van der Waals surface area (Å²) in [4.78, 5) is 13.6. The summed E-state index contributed by atoms with van der Waals surface area (Å²) in [6.07, 6.45) is 3.96. The van der Waals surface area contributed by atoms with Gasteiger partial charge in [0.05, 0.1) is 6.54 Å². The van der Waals surface area contributed by atoms with E-state index >= 15 is 0 Å². The highest BCUT2D eigenvalue weighted by Gasteiger charge is 2.19. The van der Waals surface area contributed by atoms with Crippen LogP contribution in [0.5, 0.6) is 0 Å². The van der Waals surface area contributed by atoms with E-state index in [9.17, 15) is 4.79 Å². The zero-order chi connectivity index (χ0) is 11.1. The number of hydrogen-bond donors (Lipinski definition) is 2. The maximum absolute atomic E-state index is 11.4. The molecule has 86 valence electrons. The Morgan fingerprint density at radius 3 is 2.87 bits per heavy atom. The highest BCUT2D eigenvalue weighted by Crippen LogP contribution is 2.08. The van der Waals surface area contributed by atoms with Gasteiger partial charge in [-0.25, -0.2) is 0 Å². The molecule has 1 aliphatic rings. The van der Waals surface area contributed by atoms with Crippen LogP contribution in [0.15, 0.2) is 12.7 Å². The maximum Gasteiger partial charge on any atom is 0.234 e. The molecule has 0 aromatic carbocycles. The number of likely N-dealkylation sites (N-methyl/N-ethyl adjacent to an activating group) is 1. The molecule has 1 aliphatic heterocycles. The molecule has 1 heterocycles. The lowest BCUT2D eigenvalue weighted by atomic mass is 10.1. The fourth-order valence-corrected chi connectivity index (χ4v) is 1.84. The summed E-state index contributed by atoms with van der Waals surface area (Å²) in [6.45, 7) is 6.72. The normalized spacial score (nSPS) is 17.7. The molecule has 0 radical (unpaired) electrons. The van der Waals surface area contributed by atoms with Gasteiger partial charge in [-0.3, -0.25) is 9.69 Å². The fourth-order valence-electron chi connectivity index (χ4n) is 1.84. The highest BCUT2D eigenvalue weighted by molar-refractivity contribution is 5.78. The first kappa shape index (κ1) is 12.2. The lowest BCUT2D eigenvalue weighted by molar-refractivity contribution is -0.122. The largest absolute Gasteiger partial charge is 0.352 e. The zero-order valence-corrected chi connectivity index (χ0v) is 9.46. The maximum atomic E-state index is 11.4. The van der Waals surface area contributed by atoms with Crippen LogP contribution >= 0.6 is 0 Å². The van der Waals surface area contributed by atoms with Gasteiger partial charge in [0.2, 0.25) is 5.91 Å². The molecule has 1 fully saturated rings.